The van der Waals surface area contributed by atoms with E-state index in [-0.39, 0.29) is 24.2 Å². The maximum atomic E-state index is 12.2. The third-order valence-electron chi connectivity index (χ3n) is 3.29. The van der Waals surface area contributed by atoms with Crippen molar-refractivity contribution in [1.29, 1.82) is 0 Å². The molecule has 6 nitrogen and oxygen atoms in total. The molecule has 0 radical (unpaired) electrons. The Balaban J connectivity index is 2.07. The highest BCUT2D eigenvalue weighted by Gasteiger charge is 2.33. The fourth-order valence-electron chi connectivity index (χ4n) is 2.43. The third-order valence-corrected chi connectivity index (χ3v) is 5.20. The van der Waals surface area contributed by atoms with Crippen LogP contribution in [0.3, 0.4) is 0 Å². The summed E-state index contributed by atoms with van der Waals surface area (Å²) < 4.78 is 35.4. The molecule has 3 atom stereocenters. The summed E-state index contributed by atoms with van der Waals surface area (Å²) >= 11 is 3.23. The van der Waals surface area contributed by atoms with E-state index in [2.05, 4.69) is 15.9 Å². The topological polar surface area (TPSA) is 89.9 Å². The van der Waals surface area contributed by atoms with Gasteiger partial charge in [0.15, 0.2) is 0 Å². The summed E-state index contributed by atoms with van der Waals surface area (Å²) in [5, 5.41) is 9.79. The molecule has 122 valence electrons. The second-order valence-corrected chi connectivity index (χ2v) is 7.71. The van der Waals surface area contributed by atoms with Crippen molar-refractivity contribution >= 4 is 32.0 Å². The predicted molar refractivity (Wildman–Crippen MR) is 81.6 cm³/mol. The van der Waals surface area contributed by atoms with E-state index in [1.807, 2.05) is 0 Å². The number of rotatable bonds is 4. The molecule has 1 aliphatic rings. The van der Waals surface area contributed by atoms with E-state index in [9.17, 15) is 18.3 Å². The first-order valence-electron chi connectivity index (χ1n) is 6.80. The van der Waals surface area contributed by atoms with Crippen LogP contribution in [0.2, 0.25) is 0 Å². The number of aliphatic hydroxyl groups excluding tert-OH is 1. The van der Waals surface area contributed by atoms with Crippen molar-refractivity contribution < 1.29 is 27.2 Å². The number of aliphatic hydroxyl groups is 1. The second-order valence-electron chi connectivity index (χ2n) is 5.22. The predicted octanol–water partition coefficient (Wildman–Crippen LogP) is 2.00. The lowest BCUT2D eigenvalue weighted by Crippen LogP contribution is -2.37. The molecule has 0 spiro atoms. The van der Waals surface area contributed by atoms with Gasteiger partial charge in [0, 0.05) is 30.7 Å². The van der Waals surface area contributed by atoms with E-state index in [1.165, 1.54) is 19.1 Å². The molecule has 22 heavy (non-hydrogen) atoms. The molecule has 1 aromatic carbocycles. The summed E-state index contributed by atoms with van der Waals surface area (Å²) in [4.78, 5) is 11.0. The summed E-state index contributed by atoms with van der Waals surface area (Å²) in [6.07, 6.45) is -1.30. The molecule has 0 saturated heterocycles. The standard InChI is InChI=1S/C14H17BrO6S/c1-9(16)20-12-6-11(17)7-13(8-12)21-22(18,19)14-4-2-10(15)3-5-14/h2-5,11-13,17H,6-8H2,1H3/t11-,12-,13-/m1/s1. The molecule has 1 N–H and O–H groups in total. The maximum absolute atomic E-state index is 12.2. The number of carbonyl (C=O) groups excluding carboxylic acids is 1. The monoisotopic (exact) mass is 392 g/mol. The van der Waals surface area contributed by atoms with Crippen LogP contribution >= 0.6 is 15.9 Å². The molecule has 1 aliphatic carbocycles. The molecule has 0 aromatic heterocycles. The lowest BCUT2D eigenvalue weighted by molar-refractivity contribution is -0.151. The number of ether oxygens (including phenoxy) is 1. The fourth-order valence-corrected chi connectivity index (χ4v) is 3.79. The van der Waals surface area contributed by atoms with Crippen molar-refractivity contribution in [2.24, 2.45) is 0 Å². The molecule has 2 rings (SSSR count). The molecule has 0 unspecified atom stereocenters. The quantitative estimate of drug-likeness (QED) is 0.622. The van der Waals surface area contributed by atoms with Crippen molar-refractivity contribution in [1.82, 2.24) is 0 Å². The maximum Gasteiger partial charge on any atom is 0.302 e. The summed E-state index contributed by atoms with van der Waals surface area (Å²) in [7, 11) is -3.92. The Morgan fingerprint density at radius 2 is 1.77 bits per heavy atom. The Morgan fingerprint density at radius 1 is 1.18 bits per heavy atom. The van der Waals surface area contributed by atoms with Gasteiger partial charge in [-0.25, -0.2) is 0 Å². The van der Waals surface area contributed by atoms with E-state index < -0.39 is 34.4 Å². The number of halogens is 1. The first kappa shape index (κ1) is 17.4. The van der Waals surface area contributed by atoms with Gasteiger partial charge in [0.05, 0.1) is 17.1 Å². The second kappa shape index (κ2) is 7.08. The summed E-state index contributed by atoms with van der Waals surface area (Å²) in [6, 6.07) is 6.08. The Kier molecular flexibility index (Phi) is 5.60. The Morgan fingerprint density at radius 3 is 2.36 bits per heavy atom. The molecule has 0 amide bonds. The normalized spacial score (nSPS) is 25.7. The fraction of sp³-hybridized carbons (Fsp3) is 0.500. The summed E-state index contributed by atoms with van der Waals surface area (Å²) in [6.45, 7) is 1.27. The average Bonchev–Trinajstić information content (AvgIpc) is 2.36. The first-order chi connectivity index (χ1) is 10.3. The van der Waals surface area contributed by atoms with Crippen molar-refractivity contribution in [3.63, 3.8) is 0 Å². The van der Waals surface area contributed by atoms with Gasteiger partial charge in [-0.2, -0.15) is 8.42 Å². The largest absolute Gasteiger partial charge is 0.462 e. The SMILES string of the molecule is CC(=O)O[C@@H]1C[C@@H](O)C[C@@H](OS(=O)(=O)c2ccc(Br)cc2)C1. The van der Waals surface area contributed by atoms with E-state index in [0.717, 1.165) is 4.47 Å². The Hall–Kier alpha value is -0.960. The molecule has 8 heteroatoms. The van der Waals surface area contributed by atoms with Crippen LogP contribution in [-0.2, 0) is 23.8 Å². The number of esters is 1. The molecule has 0 bridgehead atoms. The van der Waals surface area contributed by atoms with Gasteiger partial charge in [-0.1, -0.05) is 15.9 Å². The molecular weight excluding hydrogens is 376 g/mol. The lowest BCUT2D eigenvalue weighted by atomic mass is 9.92. The van der Waals surface area contributed by atoms with Crippen LogP contribution in [0.4, 0.5) is 0 Å². The number of carbonyl (C=O) groups is 1. The highest BCUT2D eigenvalue weighted by Crippen LogP contribution is 2.27. The lowest BCUT2D eigenvalue weighted by Gasteiger charge is -2.31. The van der Waals surface area contributed by atoms with E-state index in [4.69, 9.17) is 8.92 Å². The number of benzene rings is 1. The first-order valence-corrected chi connectivity index (χ1v) is 9.00. The van der Waals surface area contributed by atoms with Gasteiger partial charge in [-0.3, -0.25) is 8.98 Å². The highest BCUT2D eigenvalue weighted by atomic mass is 79.9. The van der Waals surface area contributed by atoms with Crippen molar-refractivity contribution in [3.05, 3.63) is 28.7 Å². The van der Waals surface area contributed by atoms with Gasteiger partial charge in [0.1, 0.15) is 6.10 Å². The number of hydrogen-bond acceptors (Lipinski definition) is 6. The van der Waals surface area contributed by atoms with Gasteiger partial charge in [-0.15, -0.1) is 0 Å². The Labute approximate surface area is 137 Å². The van der Waals surface area contributed by atoms with Crippen molar-refractivity contribution in [2.75, 3.05) is 0 Å². The molecule has 1 saturated carbocycles. The smallest absolute Gasteiger partial charge is 0.302 e. The highest BCUT2D eigenvalue weighted by molar-refractivity contribution is 9.10. The van der Waals surface area contributed by atoms with Crippen molar-refractivity contribution in [2.45, 2.75) is 49.4 Å². The van der Waals surface area contributed by atoms with E-state index >= 15 is 0 Å². The minimum atomic E-state index is -3.92. The molecular formula is C14H17BrO6S. The van der Waals surface area contributed by atoms with Crippen LogP contribution in [0.1, 0.15) is 26.2 Å². The van der Waals surface area contributed by atoms with Gasteiger partial charge in [0.25, 0.3) is 10.1 Å². The zero-order chi connectivity index (χ0) is 16.3. The van der Waals surface area contributed by atoms with Crippen LogP contribution in [0.5, 0.6) is 0 Å². The summed E-state index contributed by atoms with van der Waals surface area (Å²) in [5.41, 5.74) is 0. The van der Waals surface area contributed by atoms with Crippen LogP contribution < -0.4 is 0 Å². The van der Waals surface area contributed by atoms with Crippen LogP contribution in [0, 0.1) is 0 Å². The summed E-state index contributed by atoms with van der Waals surface area (Å²) in [5.74, 6) is -0.464. The minimum Gasteiger partial charge on any atom is -0.462 e. The Bertz CT molecular complexity index is 627. The molecule has 0 aliphatic heterocycles. The molecule has 1 aromatic rings. The zero-order valence-corrected chi connectivity index (χ0v) is 14.3. The molecule has 0 heterocycles. The van der Waals surface area contributed by atoms with Crippen molar-refractivity contribution in [3.8, 4) is 0 Å². The van der Waals surface area contributed by atoms with Crippen LogP contribution in [-0.4, -0.2) is 37.8 Å². The molecule has 1 fully saturated rings. The minimum absolute atomic E-state index is 0.0415. The van der Waals surface area contributed by atoms with Crippen LogP contribution in [0.25, 0.3) is 0 Å². The van der Waals surface area contributed by atoms with Gasteiger partial charge >= 0.3 is 5.97 Å². The third kappa shape index (κ3) is 4.77. The van der Waals surface area contributed by atoms with E-state index in [0.29, 0.717) is 0 Å². The van der Waals surface area contributed by atoms with Gasteiger partial charge in [-0.05, 0) is 24.3 Å². The number of hydrogen-bond donors (Lipinski definition) is 1. The van der Waals surface area contributed by atoms with Crippen LogP contribution in [0.15, 0.2) is 33.6 Å². The van der Waals surface area contributed by atoms with Gasteiger partial charge < -0.3 is 9.84 Å². The van der Waals surface area contributed by atoms with E-state index in [1.54, 1.807) is 12.1 Å². The zero-order valence-electron chi connectivity index (χ0n) is 11.9. The van der Waals surface area contributed by atoms with Gasteiger partial charge in [0.2, 0.25) is 0 Å². The average molecular weight is 393 g/mol.